The lowest BCUT2D eigenvalue weighted by molar-refractivity contribution is 0.407. The van der Waals surface area contributed by atoms with E-state index in [0.717, 1.165) is 15.7 Å². The standard InChI is InChI=1S/C14H19BrN4O/c1-9(2)16-7-11-6-12(15)8-17-14(11)20-13-5-10(3)18-19(13)4/h5-6,8-9,16H,7H2,1-4H3. The minimum absolute atomic E-state index is 0.403. The molecular weight excluding hydrogens is 320 g/mol. The summed E-state index contributed by atoms with van der Waals surface area (Å²) in [6, 6.07) is 4.31. The fourth-order valence-electron chi connectivity index (χ4n) is 1.78. The fourth-order valence-corrected chi connectivity index (χ4v) is 2.16. The second kappa shape index (κ2) is 6.37. The molecule has 0 saturated heterocycles. The van der Waals surface area contributed by atoms with Gasteiger partial charge in [0.2, 0.25) is 11.8 Å². The lowest BCUT2D eigenvalue weighted by Gasteiger charge is -2.12. The van der Waals surface area contributed by atoms with Gasteiger partial charge in [0.15, 0.2) is 0 Å². The minimum Gasteiger partial charge on any atom is -0.421 e. The average molecular weight is 339 g/mol. The molecule has 0 spiro atoms. The highest BCUT2D eigenvalue weighted by Crippen LogP contribution is 2.25. The first-order valence-electron chi connectivity index (χ1n) is 6.52. The van der Waals surface area contributed by atoms with Crippen LogP contribution in [0.2, 0.25) is 0 Å². The van der Waals surface area contributed by atoms with Crippen LogP contribution < -0.4 is 10.1 Å². The number of ether oxygens (including phenoxy) is 1. The molecule has 0 fully saturated rings. The molecule has 108 valence electrons. The molecule has 1 N–H and O–H groups in total. The van der Waals surface area contributed by atoms with Gasteiger partial charge >= 0.3 is 0 Å². The lowest BCUT2D eigenvalue weighted by Crippen LogP contribution is -2.22. The van der Waals surface area contributed by atoms with Crippen molar-refractivity contribution in [2.75, 3.05) is 0 Å². The van der Waals surface area contributed by atoms with Gasteiger partial charge < -0.3 is 10.1 Å². The number of aromatic nitrogens is 3. The van der Waals surface area contributed by atoms with Gasteiger partial charge in [0.1, 0.15) is 0 Å². The highest BCUT2D eigenvalue weighted by atomic mass is 79.9. The molecule has 0 bridgehead atoms. The zero-order chi connectivity index (χ0) is 14.7. The van der Waals surface area contributed by atoms with Crippen LogP contribution in [0.4, 0.5) is 0 Å². The predicted octanol–water partition coefficient (Wildman–Crippen LogP) is 3.18. The lowest BCUT2D eigenvalue weighted by atomic mass is 10.2. The van der Waals surface area contributed by atoms with E-state index >= 15 is 0 Å². The van der Waals surface area contributed by atoms with Crippen molar-refractivity contribution in [3.63, 3.8) is 0 Å². The summed E-state index contributed by atoms with van der Waals surface area (Å²) in [5.41, 5.74) is 1.92. The van der Waals surface area contributed by atoms with Gasteiger partial charge in [-0.15, -0.1) is 0 Å². The van der Waals surface area contributed by atoms with Crippen molar-refractivity contribution < 1.29 is 4.74 Å². The minimum atomic E-state index is 0.403. The Morgan fingerprint density at radius 3 is 2.75 bits per heavy atom. The maximum Gasteiger partial charge on any atom is 0.225 e. The van der Waals surface area contributed by atoms with E-state index in [9.17, 15) is 0 Å². The highest BCUT2D eigenvalue weighted by molar-refractivity contribution is 9.10. The van der Waals surface area contributed by atoms with Crippen molar-refractivity contribution >= 4 is 15.9 Å². The Balaban J connectivity index is 2.24. The molecule has 0 aliphatic heterocycles. The highest BCUT2D eigenvalue weighted by Gasteiger charge is 2.11. The van der Waals surface area contributed by atoms with Gasteiger partial charge in [-0.2, -0.15) is 5.10 Å². The van der Waals surface area contributed by atoms with E-state index in [1.54, 1.807) is 10.9 Å². The second-order valence-corrected chi connectivity index (χ2v) is 5.92. The van der Waals surface area contributed by atoms with Crippen LogP contribution in [0.1, 0.15) is 25.1 Å². The van der Waals surface area contributed by atoms with Gasteiger partial charge in [-0.1, -0.05) is 13.8 Å². The summed E-state index contributed by atoms with van der Waals surface area (Å²) in [5, 5.41) is 7.64. The van der Waals surface area contributed by atoms with Crippen molar-refractivity contribution in [2.45, 2.75) is 33.4 Å². The van der Waals surface area contributed by atoms with Crippen LogP contribution in [0.25, 0.3) is 0 Å². The Morgan fingerprint density at radius 2 is 2.15 bits per heavy atom. The van der Waals surface area contributed by atoms with Gasteiger partial charge in [0.05, 0.1) is 5.69 Å². The summed E-state index contributed by atoms with van der Waals surface area (Å²) in [5.74, 6) is 1.28. The van der Waals surface area contributed by atoms with Gasteiger partial charge in [-0.05, 0) is 28.9 Å². The van der Waals surface area contributed by atoms with Crippen LogP contribution in [-0.4, -0.2) is 20.8 Å². The van der Waals surface area contributed by atoms with Crippen LogP contribution in [-0.2, 0) is 13.6 Å². The van der Waals surface area contributed by atoms with Crippen molar-refractivity contribution in [2.24, 2.45) is 7.05 Å². The Bertz CT molecular complexity index is 595. The molecule has 5 nitrogen and oxygen atoms in total. The number of halogens is 1. The third kappa shape index (κ3) is 3.80. The van der Waals surface area contributed by atoms with E-state index in [1.165, 1.54) is 0 Å². The Kier molecular flexibility index (Phi) is 4.77. The number of nitrogens with zero attached hydrogens (tertiary/aromatic N) is 3. The van der Waals surface area contributed by atoms with Gasteiger partial charge in [-0.3, -0.25) is 0 Å². The summed E-state index contributed by atoms with van der Waals surface area (Å²) < 4.78 is 8.52. The first kappa shape index (κ1) is 15.0. The number of pyridine rings is 1. The molecule has 2 aromatic heterocycles. The second-order valence-electron chi connectivity index (χ2n) is 5.00. The van der Waals surface area contributed by atoms with Crippen LogP contribution >= 0.6 is 15.9 Å². The van der Waals surface area contributed by atoms with Crippen LogP contribution in [0.15, 0.2) is 22.8 Å². The third-order valence-corrected chi connectivity index (χ3v) is 3.19. The molecule has 0 radical (unpaired) electrons. The van der Waals surface area contributed by atoms with Gasteiger partial charge in [0.25, 0.3) is 0 Å². The molecule has 0 amide bonds. The number of hydrogen-bond donors (Lipinski definition) is 1. The van der Waals surface area contributed by atoms with E-state index in [2.05, 4.69) is 45.2 Å². The van der Waals surface area contributed by atoms with Crippen LogP contribution in [0, 0.1) is 6.92 Å². The van der Waals surface area contributed by atoms with Crippen LogP contribution in [0.5, 0.6) is 11.8 Å². The van der Waals surface area contributed by atoms with Crippen LogP contribution in [0.3, 0.4) is 0 Å². The van der Waals surface area contributed by atoms with Crippen molar-refractivity contribution in [1.29, 1.82) is 0 Å². The molecule has 2 rings (SSSR count). The zero-order valence-electron chi connectivity index (χ0n) is 12.1. The summed E-state index contributed by atoms with van der Waals surface area (Å²) in [6.07, 6.45) is 1.73. The maximum absolute atomic E-state index is 5.88. The predicted molar refractivity (Wildman–Crippen MR) is 81.9 cm³/mol. The Labute approximate surface area is 127 Å². The van der Waals surface area contributed by atoms with Crippen molar-refractivity contribution in [3.05, 3.63) is 34.1 Å². The van der Waals surface area contributed by atoms with E-state index in [4.69, 9.17) is 4.74 Å². The summed E-state index contributed by atoms with van der Waals surface area (Å²) in [7, 11) is 1.85. The summed E-state index contributed by atoms with van der Waals surface area (Å²) in [6.45, 7) is 6.85. The molecule has 0 aromatic carbocycles. The largest absolute Gasteiger partial charge is 0.421 e. The molecule has 0 aliphatic rings. The fraction of sp³-hybridized carbons (Fsp3) is 0.429. The molecule has 2 aromatic rings. The molecule has 0 unspecified atom stereocenters. The molecular formula is C14H19BrN4O. The molecule has 0 saturated carbocycles. The number of nitrogens with one attached hydrogen (secondary N) is 1. The number of hydrogen-bond acceptors (Lipinski definition) is 4. The molecule has 6 heteroatoms. The summed E-state index contributed by atoms with van der Waals surface area (Å²) >= 11 is 3.44. The molecule has 0 atom stereocenters. The smallest absolute Gasteiger partial charge is 0.225 e. The average Bonchev–Trinajstić information content (AvgIpc) is 2.68. The van der Waals surface area contributed by atoms with Gasteiger partial charge in [-0.25, -0.2) is 9.67 Å². The number of aryl methyl sites for hydroxylation is 2. The quantitative estimate of drug-likeness (QED) is 0.909. The summed E-state index contributed by atoms with van der Waals surface area (Å²) in [4.78, 5) is 4.35. The zero-order valence-corrected chi connectivity index (χ0v) is 13.7. The van der Waals surface area contributed by atoms with Crippen molar-refractivity contribution in [3.8, 4) is 11.8 Å². The first-order chi connectivity index (χ1) is 9.45. The normalized spacial score (nSPS) is 11.1. The molecule has 2 heterocycles. The molecule has 0 aliphatic carbocycles. The number of rotatable bonds is 5. The third-order valence-electron chi connectivity index (χ3n) is 2.75. The maximum atomic E-state index is 5.88. The topological polar surface area (TPSA) is 52.0 Å². The SMILES string of the molecule is Cc1cc(Oc2ncc(Br)cc2CNC(C)C)n(C)n1. The van der Waals surface area contributed by atoms with E-state index < -0.39 is 0 Å². The van der Waals surface area contributed by atoms with Gasteiger partial charge in [0, 0.05) is 41.9 Å². The molecule has 20 heavy (non-hydrogen) atoms. The monoisotopic (exact) mass is 338 g/mol. The van der Waals surface area contributed by atoms with E-state index in [1.807, 2.05) is 26.1 Å². The first-order valence-corrected chi connectivity index (χ1v) is 7.31. The van der Waals surface area contributed by atoms with E-state index in [0.29, 0.717) is 24.3 Å². The van der Waals surface area contributed by atoms with Crippen molar-refractivity contribution in [1.82, 2.24) is 20.1 Å². The Hall–Kier alpha value is -1.40. The Morgan fingerprint density at radius 1 is 1.40 bits per heavy atom. The van der Waals surface area contributed by atoms with E-state index in [-0.39, 0.29) is 0 Å².